The quantitative estimate of drug-likeness (QED) is 0.799. The van der Waals surface area contributed by atoms with Crippen molar-refractivity contribution in [2.45, 2.75) is 26.3 Å². The number of aryl methyl sites for hydroxylation is 2. The molecule has 2 aromatic carbocycles. The monoisotopic (exact) mass is 382 g/mol. The van der Waals surface area contributed by atoms with Crippen molar-refractivity contribution in [2.24, 2.45) is 0 Å². The van der Waals surface area contributed by atoms with E-state index >= 15 is 0 Å². The number of amides is 2. The summed E-state index contributed by atoms with van der Waals surface area (Å²) in [5.74, 6) is -1.09. The Hall–Kier alpha value is -3.35. The van der Waals surface area contributed by atoms with Gasteiger partial charge in [0.1, 0.15) is 11.8 Å². The van der Waals surface area contributed by atoms with E-state index in [2.05, 4.69) is 5.32 Å². The smallest absolute Gasteiger partial charge is 0.341 e. The van der Waals surface area contributed by atoms with Gasteiger partial charge in [-0.2, -0.15) is 0 Å². The third-order valence-corrected chi connectivity index (χ3v) is 4.64. The first kappa shape index (κ1) is 19.4. The number of carboxylic acid groups (broad SMARTS) is 1. The number of nitrogens with one attached hydrogen (secondary N) is 1. The number of carboxylic acids is 1. The minimum atomic E-state index is -1.07. The summed E-state index contributed by atoms with van der Waals surface area (Å²) in [6.07, 6.45) is 0.539. The highest BCUT2D eigenvalue weighted by Crippen LogP contribution is 2.26. The van der Waals surface area contributed by atoms with Gasteiger partial charge < -0.3 is 20.1 Å². The zero-order chi connectivity index (χ0) is 20.3. The summed E-state index contributed by atoms with van der Waals surface area (Å²) >= 11 is 0. The van der Waals surface area contributed by atoms with Crippen LogP contribution in [0, 0.1) is 13.8 Å². The van der Waals surface area contributed by atoms with Crippen LogP contribution in [0.5, 0.6) is 5.75 Å². The number of rotatable bonds is 6. The molecular weight excluding hydrogens is 360 g/mol. The molecule has 146 valence electrons. The molecular formula is C21H22N2O5. The molecule has 0 aromatic heterocycles. The summed E-state index contributed by atoms with van der Waals surface area (Å²) < 4.78 is 5.29. The Balaban J connectivity index is 1.70. The third-order valence-electron chi connectivity index (χ3n) is 4.64. The summed E-state index contributed by atoms with van der Waals surface area (Å²) in [5, 5.41) is 11.6. The molecule has 2 N–H and O–H groups in total. The number of anilines is 1. The van der Waals surface area contributed by atoms with E-state index in [1.165, 1.54) is 0 Å². The Labute approximate surface area is 162 Å². The maximum Gasteiger partial charge on any atom is 0.341 e. The van der Waals surface area contributed by atoms with Gasteiger partial charge in [0.05, 0.1) is 0 Å². The number of benzene rings is 2. The Kier molecular flexibility index (Phi) is 5.63. The molecule has 1 saturated heterocycles. The van der Waals surface area contributed by atoms with Gasteiger partial charge in [0.25, 0.3) is 5.91 Å². The minimum Gasteiger partial charge on any atom is -0.481 e. The number of para-hydroxylation sites is 1. The van der Waals surface area contributed by atoms with Gasteiger partial charge in [0.15, 0.2) is 6.61 Å². The molecule has 0 radical (unpaired) electrons. The number of aliphatic carboxylic acids is 1. The summed E-state index contributed by atoms with van der Waals surface area (Å²) in [6, 6.07) is 12.0. The third kappa shape index (κ3) is 4.14. The lowest BCUT2D eigenvalue weighted by molar-refractivity contribution is -0.139. The van der Waals surface area contributed by atoms with Gasteiger partial charge in [0.2, 0.25) is 5.91 Å². The molecule has 28 heavy (non-hydrogen) atoms. The van der Waals surface area contributed by atoms with Crippen molar-refractivity contribution >= 4 is 23.5 Å². The van der Waals surface area contributed by atoms with Gasteiger partial charge in [-0.05, 0) is 55.7 Å². The number of carbonyl (C=O) groups is 3. The van der Waals surface area contributed by atoms with Crippen molar-refractivity contribution in [3.63, 3.8) is 0 Å². The van der Waals surface area contributed by atoms with Gasteiger partial charge in [0, 0.05) is 17.8 Å². The standard InChI is InChI=1S/C21H22N2O5/c1-13-10-15(11-14(2)19(13)28-12-18(24)25)20(26)22-17-8-9-23(21(17)27)16-6-4-3-5-7-16/h3-7,10-11,17H,8-9,12H2,1-2H3,(H,22,26)(H,24,25). The lowest BCUT2D eigenvalue weighted by Crippen LogP contribution is -2.41. The molecule has 0 aliphatic carbocycles. The number of ether oxygens (including phenoxy) is 1. The number of carbonyl (C=O) groups excluding carboxylic acids is 2. The lowest BCUT2D eigenvalue weighted by atomic mass is 10.0. The van der Waals surface area contributed by atoms with Crippen LogP contribution in [-0.4, -0.2) is 42.1 Å². The van der Waals surface area contributed by atoms with Crippen LogP contribution >= 0.6 is 0 Å². The highest BCUT2D eigenvalue weighted by Gasteiger charge is 2.33. The first-order chi connectivity index (χ1) is 13.4. The second kappa shape index (κ2) is 8.12. The minimum absolute atomic E-state index is 0.130. The van der Waals surface area contributed by atoms with E-state index in [0.717, 1.165) is 5.69 Å². The summed E-state index contributed by atoms with van der Waals surface area (Å²) in [7, 11) is 0. The van der Waals surface area contributed by atoms with Crippen molar-refractivity contribution in [2.75, 3.05) is 18.1 Å². The topological polar surface area (TPSA) is 95.9 Å². The van der Waals surface area contributed by atoms with Crippen LogP contribution < -0.4 is 15.0 Å². The largest absolute Gasteiger partial charge is 0.481 e. The molecule has 1 heterocycles. The normalized spacial score (nSPS) is 16.1. The van der Waals surface area contributed by atoms with Gasteiger partial charge >= 0.3 is 5.97 Å². The molecule has 7 heteroatoms. The molecule has 1 fully saturated rings. The van der Waals surface area contributed by atoms with E-state index in [1.807, 2.05) is 30.3 Å². The predicted octanol–water partition coefficient (Wildman–Crippen LogP) is 2.30. The molecule has 7 nitrogen and oxygen atoms in total. The fourth-order valence-electron chi connectivity index (χ4n) is 3.36. The molecule has 1 aliphatic heterocycles. The Morgan fingerprint density at radius 1 is 1.18 bits per heavy atom. The molecule has 1 atom stereocenters. The second-order valence-corrected chi connectivity index (χ2v) is 6.76. The van der Waals surface area contributed by atoms with Crippen molar-refractivity contribution in [1.82, 2.24) is 5.32 Å². The molecule has 1 unspecified atom stereocenters. The number of hydrogen-bond donors (Lipinski definition) is 2. The predicted molar refractivity (Wildman–Crippen MR) is 104 cm³/mol. The van der Waals surface area contributed by atoms with E-state index in [4.69, 9.17) is 9.84 Å². The van der Waals surface area contributed by atoms with Crippen LogP contribution in [0.15, 0.2) is 42.5 Å². The molecule has 1 aliphatic rings. The van der Waals surface area contributed by atoms with Crippen LogP contribution in [0.3, 0.4) is 0 Å². The van der Waals surface area contributed by atoms with E-state index < -0.39 is 18.6 Å². The van der Waals surface area contributed by atoms with E-state index in [1.54, 1.807) is 30.9 Å². The molecule has 0 saturated carbocycles. The summed E-state index contributed by atoms with van der Waals surface area (Å²) in [4.78, 5) is 37.7. The zero-order valence-corrected chi connectivity index (χ0v) is 15.8. The van der Waals surface area contributed by atoms with Gasteiger partial charge in [-0.1, -0.05) is 18.2 Å². The first-order valence-electron chi connectivity index (χ1n) is 9.00. The SMILES string of the molecule is Cc1cc(C(=O)NC2CCN(c3ccccc3)C2=O)cc(C)c1OCC(=O)O. The Morgan fingerprint density at radius 3 is 2.43 bits per heavy atom. The average molecular weight is 382 g/mol. The van der Waals surface area contributed by atoms with Crippen LogP contribution in [0.4, 0.5) is 5.69 Å². The fraction of sp³-hybridized carbons (Fsp3) is 0.286. The van der Waals surface area contributed by atoms with E-state index in [-0.39, 0.29) is 11.8 Å². The van der Waals surface area contributed by atoms with Crippen LogP contribution in [0.2, 0.25) is 0 Å². The first-order valence-corrected chi connectivity index (χ1v) is 9.00. The molecule has 0 spiro atoms. The Bertz CT molecular complexity index is 887. The number of nitrogens with zero attached hydrogens (tertiary/aromatic N) is 1. The van der Waals surface area contributed by atoms with Crippen molar-refractivity contribution < 1.29 is 24.2 Å². The second-order valence-electron chi connectivity index (χ2n) is 6.76. The van der Waals surface area contributed by atoms with Crippen molar-refractivity contribution in [3.05, 3.63) is 59.2 Å². The molecule has 0 bridgehead atoms. The molecule has 2 aromatic rings. The molecule has 3 rings (SSSR count). The fourth-order valence-corrected chi connectivity index (χ4v) is 3.36. The lowest BCUT2D eigenvalue weighted by Gasteiger charge is -2.17. The summed E-state index contributed by atoms with van der Waals surface area (Å²) in [5.41, 5.74) is 2.55. The highest BCUT2D eigenvalue weighted by atomic mass is 16.5. The van der Waals surface area contributed by atoms with Crippen LogP contribution in [0.25, 0.3) is 0 Å². The van der Waals surface area contributed by atoms with Gasteiger partial charge in [-0.25, -0.2) is 4.79 Å². The Morgan fingerprint density at radius 2 is 1.82 bits per heavy atom. The van der Waals surface area contributed by atoms with E-state index in [9.17, 15) is 14.4 Å². The highest BCUT2D eigenvalue weighted by molar-refractivity contribution is 6.04. The molecule has 2 amide bonds. The van der Waals surface area contributed by atoms with Crippen molar-refractivity contribution in [1.29, 1.82) is 0 Å². The van der Waals surface area contributed by atoms with Gasteiger partial charge in [-0.3, -0.25) is 9.59 Å². The van der Waals surface area contributed by atoms with Crippen LogP contribution in [-0.2, 0) is 9.59 Å². The maximum absolute atomic E-state index is 12.7. The van der Waals surface area contributed by atoms with Crippen molar-refractivity contribution in [3.8, 4) is 5.75 Å². The zero-order valence-electron chi connectivity index (χ0n) is 15.8. The van der Waals surface area contributed by atoms with E-state index in [0.29, 0.717) is 35.4 Å². The van der Waals surface area contributed by atoms with Crippen LogP contribution in [0.1, 0.15) is 27.9 Å². The average Bonchev–Trinajstić information content (AvgIpc) is 3.01. The summed E-state index contributed by atoms with van der Waals surface area (Å²) in [6.45, 7) is 3.60. The van der Waals surface area contributed by atoms with Gasteiger partial charge in [-0.15, -0.1) is 0 Å². The maximum atomic E-state index is 12.7. The number of hydrogen-bond acceptors (Lipinski definition) is 4.